The summed E-state index contributed by atoms with van der Waals surface area (Å²) >= 11 is 0. The molecule has 0 saturated carbocycles. The van der Waals surface area contributed by atoms with Crippen molar-refractivity contribution >= 4 is 5.87 Å². The summed E-state index contributed by atoms with van der Waals surface area (Å²) in [7, 11) is 0. The van der Waals surface area contributed by atoms with Gasteiger partial charge in [0.15, 0.2) is 0 Å². The SMILES string of the molecule is CC=C=[N-]. The van der Waals surface area contributed by atoms with Crippen molar-refractivity contribution in [2.24, 2.45) is 0 Å². The third-order valence-electron chi connectivity index (χ3n) is 0.129. The van der Waals surface area contributed by atoms with Crippen molar-refractivity contribution in [1.82, 2.24) is 0 Å². The van der Waals surface area contributed by atoms with Gasteiger partial charge in [0.1, 0.15) is 0 Å². The van der Waals surface area contributed by atoms with Crippen LogP contribution in [0.4, 0.5) is 0 Å². The Labute approximate surface area is 25.5 Å². The molecule has 0 amide bonds. The van der Waals surface area contributed by atoms with Crippen LogP contribution in [0.15, 0.2) is 6.08 Å². The molecule has 4 heavy (non-hydrogen) atoms. The van der Waals surface area contributed by atoms with E-state index in [0.29, 0.717) is 0 Å². The fourth-order valence-corrected chi connectivity index (χ4v) is 0. The second-order valence-electron chi connectivity index (χ2n) is 0.418. The van der Waals surface area contributed by atoms with E-state index in [1.165, 1.54) is 6.08 Å². The molecule has 0 bridgehead atoms. The second kappa shape index (κ2) is 2.45. The first-order valence-electron chi connectivity index (χ1n) is 1.09. The molecule has 22 valence electrons. The topological polar surface area (TPSA) is 22.3 Å². The van der Waals surface area contributed by atoms with Crippen LogP contribution in [0.25, 0.3) is 5.41 Å². The van der Waals surface area contributed by atoms with Gasteiger partial charge in [-0.2, -0.15) is 0 Å². The van der Waals surface area contributed by atoms with E-state index < -0.39 is 0 Å². The van der Waals surface area contributed by atoms with Crippen LogP contribution in [-0.4, -0.2) is 5.87 Å². The van der Waals surface area contributed by atoms with Crippen LogP contribution in [0.2, 0.25) is 0 Å². The lowest BCUT2D eigenvalue weighted by atomic mass is 10.8. The first-order chi connectivity index (χ1) is 1.91. The van der Waals surface area contributed by atoms with Gasteiger partial charge in [-0.25, -0.2) is 0 Å². The van der Waals surface area contributed by atoms with E-state index in [1.54, 1.807) is 12.8 Å². The Morgan fingerprint density at radius 1 is 2.00 bits per heavy atom. The van der Waals surface area contributed by atoms with Gasteiger partial charge in [-0.1, -0.05) is 6.08 Å². The Morgan fingerprint density at radius 3 is 2.25 bits per heavy atom. The van der Waals surface area contributed by atoms with E-state index in [2.05, 4.69) is 0 Å². The summed E-state index contributed by atoms with van der Waals surface area (Å²) in [6.45, 7) is 1.69. The molecule has 1 nitrogen and oxygen atoms in total. The second-order valence-corrected chi connectivity index (χ2v) is 0.418. The van der Waals surface area contributed by atoms with Crippen molar-refractivity contribution in [3.63, 3.8) is 0 Å². The lowest BCUT2D eigenvalue weighted by molar-refractivity contribution is 1.84. The maximum absolute atomic E-state index is 7.57. The van der Waals surface area contributed by atoms with Gasteiger partial charge in [0, 0.05) is 0 Å². The van der Waals surface area contributed by atoms with E-state index in [9.17, 15) is 0 Å². The Bertz CT molecular complexity index is 41.2. The third-order valence-corrected chi connectivity index (χ3v) is 0.129. The van der Waals surface area contributed by atoms with Crippen molar-refractivity contribution in [1.29, 1.82) is 0 Å². The average Bonchev–Trinajstić information content (AvgIpc) is 1.37. The highest BCUT2D eigenvalue weighted by molar-refractivity contribution is 5.53. The highest BCUT2D eigenvalue weighted by atomic mass is 14.3. The van der Waals surface area contributed by atoms with E-state index >= 15 is 0 Å². The van der Waals surface area contributed by atoms with Crippen LogP contribution in [0.3, 0.4) is 0 Å². The number of hydrogen-bond donors (Lipinski definition) is 0. The summed E-state index contributed by atoms with van der Waals surface area (Å²) in [5.74, 6) is 1.81. The minimum atomic E-state index is 1.43. The standard InChI is InChI=1S/C3H4N/c1-2-3-4/h2H,1H3/q-1. The van der Waals surface area contributed by atoms with E-state index in [4.69, 9.17) is 5.41 Å². The highest BCUT2D eigenvalue weighted by Gasteiger charge is 1.17. The van der Waals surface area contributed by atoms with Crippen LogP contribution in [0, 0.1) is 0 Å². The molecule has 0 aliphatic carbocycles. The molecule has 0 spiro atoms. The molecular weight excluding hydrogens is 50.0 g/mol. The number of allylic oxidation sites excluding steroid dienone is 1. The Kier molecular flexibility index (Phi) is 2.11. The smallest absolute Gasteiger partial charge is 0.0411 e. The fourth-order valence-electron chi connectivity index (χ4n) is 0. The molecule has 0 N–H and O–H groups in total. The van der Waals surface area contributed by atoms with E-state index in [1.807, 2.05) is 0 Å². The summed E-state index contributed by atoms with van der Waals surface area (Å²) in [6.07, 6.45) is 1.43. The lowest BCUT2D eigenvalue weighted by Gasteiger charge is -1.54. The van der Waals surface area contributed by atoms with Gasteiger partial charge in [-0.15, -0.1) is 0 Å². The molecular formula is C3H4N-. The predicted octanol–water partition coefficient (Wildman–Crippen LogP) is 0.802. The Morgan fingerprint density at radius 2 is 2.25 bits per heavy atom. The molecule has 0 aliphatic rings. The molecule has 0 aromatic rings. The van der Waals surface area contributed by atoms with E-state index in [0.717, 1.165) is 0 Å². The molecule has 0 atom stereocenters. The monoisotopic (exact) mass is 54.0 g/mol. The van der Waals surface area contributed by atoms with E-state index in [-0.39, 0.29) is 0 Å². The maximum atomic E-state index is 7.57. The van der Waals surface area contributed by atoms with Crippen molar-refractivity contribution in [2.75, 3.05) is 0 Å². The minimum Gasteiger partial charge on any atom is -0.764 e. The number of hydrogen-bond acceptors (Lipinski definition) is 0. The van der Waals surface area contributed by atoms with Crippen molar-refractivity contribution < 1.29 is 0 Å². The van der Waals surface area contributed by atoms with Gasteiger partial charge >= 0.3 is 0 Å². The van der Waals surface area contributed by atoms with Gasteiger partial charge in [0.25, 0.3) is 0 Å². The van der Waals surface area contributed by atoms with Crippen molar-refractivity contribution in [3.8, 4) is 0 Å². The molecule has 0 saturated heterocycles. The number of rotatable bonds is 0. The summed E-state index contributed by atoms with van der Waals surface area (Å²) in [4.78, 5) is 0. The molecule has 0 rings (SSSR count). The van der Waals surface area contributed by atoms with Gasteiger partial charge in [-0.05, 0) is 6.92 Å². The average molecular weight is 54.1 g/mol. The Hall–Kier alpha value is -0.550. The van der Waals surface area contributed by atoms with Gasteiger partial charge in [0.2, 0.25) is 0 Å². The van der Waals surface area contributed by atoms with Gasteiger partial charge < -0.3 is 5.41 Å². The van der Waals surface area contributed by atoms with Gasteiger partial charge in [0.05, 0.1) is 0 Å². The fraction of sp³-hybridized carbons (Fsp3) is 0.333. The number of nitrogens with zero attached hydrogens (tertiary/aromatic N) is 1. The largest absolute Gasteiger partial charge is 0.764 e. The predicted molar refractivity (Wildman–Crippen MR) is 18.6 cm³/mol. The molecule has 0 aliphatic heterocycles. The highest BCUT2D eigenvalue weighted by Crippen LogP contribution is 1.38. The molecule has 0 unspecified atom stereocenters. The normalized spacial score (nSPS) is 4.25. The molecule has 0 heterocycles. The molecule has 0 fully saturated rings. The van der Waals surface area contributed by atoms with Gasteiger partial charge in [-0.3, -0.25) is 5.87 Å². The zero-order valence-corrected chi connectivity index (χ0v) is 2.52. The minimum absolute atomic E-state index is 1.43. The van der Waals surface area contributed by atoms with Crippen LogP contribution >= 0.6 is 0 Å². The first-order valence-corrected chi connectivity index (χ1v) is 1.09. The summed E-state index contributed by atoms with van der Waals surface area (Å²) in [5.41, 5.74) is 0. The summed E-state index contributed by atoms with van der Waals surface area (Å²) in [6, 6.07) is 0. The van der Waals surface area contributed by atoms with Crippen LogP contribution in [0.1, 0.15) is 6.92 Å². The quantitative estimate of drug-likeness (QED) is 0.365. The third kappa shape index (κ3) is 1.45. The molecule has 0 aromatic carbocycles. The summed E-state index contributed by atoms with van der Waals surface area (Å²) in [5, 5.41) is 7.57. The lowest BCUT2D eigenvalue weighted by Crippen LogP contribution is -1.28. The zero-order chi connectivity index (χ0) is 3.41. The van der Waals surface area contributed by atoms with Crippen LogP contribution in [0.5, 0.6) is 0 Å². The van der Waals surface area contributed by atoms with Crippen molar-refractivity contribution in [2.45, 2.75) is 6.92 Å². The summed E-state index contributed by atoms with van der Waals surface area (Å²) < 4.78 is 0. The molecule has 0 aromatic heterocycles. The van der Waals surface area contributed by atoms with Crippen molar-refractivity contribution in [3.05, 3.63) is 11.5 Å². The molecule has 1 heteroatoms. The van der Waals surface area contributed by atoms with Crippen LogP contribution in [-0.2, 0) is 0 Å². The zero-order valence-electron chi connectivity index (χ0n) is 2.52. The molecule has 0 radical (unpaired) electrons. The maximum Gasteiger partial charge on any atom is -0.0411 e. The van der Waals surface area contributed by atoms with Crippen LogP contribution < -0.4 is 0 Å². The Balaban J connectivity index is 3.11. The first kappa shape index (κ1) is 3.45.